The minimum absolute atomic E-state index is 0.126. The second-order valence-electron chi connectivity index (χ2n) is 5.93. The highest BCUT2D eigenvalue weighted by molar-refractivity contribution is 5.68. The van der Waals surface area contributed by atoms with Gasteiger partial charge in [0, 0.05) is 13.1 Å². The molecule has 98 valence electrons. The Balaban J connectivity index is 0.000000686. The molecule has 1 amide bonds. The number of rotatable bonds is 0. The van der Waals surface area contributed by atoms with E-state index in [0.29, 0.717) is 0 Å². The molecule has 1 saturated carbocycles. The fourth-order valence-corrected chi connectivity index (χ4v) is 2.68. The molecule has 4 nitrogen and oxygen atoms in total. The molecule has 1 aliphatic heterocycles. The fourth-order valence-electron chi connectivity index (χ4n) is 2.68. The highest BCUT2D eigenvalue weighted by atomic mass is 16.6. The first kappa shape index (κ1) is 14.0. The van der Waals surface area contributed by atoms with Crippen LogP contribution in [-0.2, 0) is 9.53 Å². The minimum atomic E-state index is -0.367. The molecule has 0 aromatic rings. The topological polar surface area (TPSA) is 46.6 Å². The van der Waals surface area contributed by atoms with Crippen LogP contribution in [0.2, 0.25) is 0 Å². The van der Waals surface area contributed by atoms with Crippen molar-refractivity contribution in [3.8, 4) is 0 Å². The van der Waals surface area contributed by atoms with Gasteiger partial charge in [-0.25, -0.2) is 4.79 Å². The summed E-state index contributed by atoms with van der Waals surface area (Å²) in [6, 6.07) is 0. The van der Waals surface area contributed by atoms with Crippen molar-refractivity contribution in [2.45, 2.75) is 45.6 Å². The lowest BCUT2D eigenvalue weighted by atomic mass is 9.99. The van der Waals surface area contributed by atoms with Crippen LogP contribution in [0.15, 0.2) is 0 Å². The number of piperidine rings is 1. The molecule has 2 fully saturated rings. The van der Waals surface area contributed by atoms with Gasteiger partial charge in [0.1, 0.15) is 12.4 Å². The van der Waals surface area contributed by atoms with E-state index in [4.69, 9.17) is 9.53 Å². The summed E-state index contributed by atoms with van der Waals surface area (Å²) in [5.74, 6) is 1.47. The molecule has 2 aliphatic rings. The van der Waals surface area contributed by atoms with E-state index in [-0.39, 0.29) is 11.7 Å². The van der Waals surface area contributed by atoms with Gasteiger partial charge in [0.25, 0.3) is 0 Å². The van der Waals surface area contributed by atoms with Crippen molar-refractivity contribution in [3.05, 3.63) is 0 Å². The van der Waals surface area contributed by atoms with Gasteiger partial charge in [-0.3, -0.25) is 0 Å². The average Bonchev–Trinajstić information content (AvgIpc) is 2.58. The van der Waals surface area contributed by atoms with Gasteiger partial charge >= 0.3 is 6.09 Å². The van der Waals surface area contributed by atoms with Crippen LogP contribution in [0.4, 0.5) is 4.79 Å². The van der Waals surface area contributed by atoms with Gasteiger partial charge in [-0.2, -0.15) is 0 Å². The van der Waals surface area contributed by atoms with Gasteiger partial charge in [-0.1, -0.05) is 0 Å². The standard InChI is InChI=1S/C12H21NO2.CH2O/c1-12(2,3)15-11(14)13-7-9-4-5-10(6-9)8-13;1-2/h9-10H,4-8H2,1-3H3;1H2. The quantitative estimate of drug-likeness (QED) is 0.654. The largest absolute Gasteiger partial charge is 0.444 e. The lowest BCUT2D eigenvalue weighted by Gasteiger charge is -2.33. The maximum Gasteiger partial charge on any atom is 0.410 e. The summed E-state index contributed by atoms with van der Waals surface area (Å²) in [5, 5.41) is 0. The van der Waals surface area contributed by atoms with E-state index in [2.05, 4.69) is 0 Å². The first-order valence-corrected chi connectivity index (χ1v) is 6.21. The van der Waals surface area contributed by atoms with Crippen molar-refractivity contribution < 1.29 is 14.3 Å². The van der Waals surface area contributed by atoms with Crippen LogP contribution in [-0.4, -0.2) is 36.5 Å². The minimum Gasteiger partial charge on any atom is -0.444 e. The predicted molar refractivity (Wildman–Crippen MR) is 65.8 cm³/mol. The third kappa shape index (κ3) is 4.02. The summed E-state index contributed by atoms with van der Waals surface area (Å²) in [4.78, 5) is 21.7. The van der Waals surface area contributed by atoms with Gasteiger partial charge in [0.05, 0.1) is 0 Å². The van der Waals surface area contributed by atoms with Crippen molar-refractivity contribution in [1.29, 1.82) is 0 Å². The number of hydrogen-bond acceptors (Lipinski definition) is 3. The number of fused-ring (bicyclic) bond motifs is 2. The summed E-state index contributed by atoms with van der Waals surface area (Å²) in [6.07, 6.45) is 3.78. The molecule has 0 N–H and O–H groups in total. The number of nitrogens with zero attached hydrogens (tertiary/aromatic N) is 1. The Bertz CT molecular complexity index is 260. The second-order valence-corrected chi connectivity index (χ2v) is 5.93. The van der Waals surface area contributed by atoms with Gasteiger partial charge in [0.15, 0.2) is 0 Å². The maximum absolute atomic E-state index is 11.8. The molecule has 0 aromatic heterocycles. The van der Waals surface area contributed by atoms with Gasteiger partial charge in [0.2, 0.25) is 0 Å². The Hall–Kier alpha value is -1.06. The summed E-state index contributed by atoms with van der Waals surface area (Å²) in [7, 11) is 0. The Morgan fingerprint density at radius 2 is 1.65 bits per heavy atom. The van der Waals surface area contributed by atoms with E-state index in [1.165, 1.54) is 19.3 Å². The highest BCUT2D eigenvalue weighted by Gasteiger charge is 2.36. The van der Waals surface area contributed by atoms with E-state index in [9.17, 15) is 4.79 Å². The third-order valence-corrected chi connectivity index (χ3v) is 3.26. The zero-order chi connectivity index (χ0) is 13.1. The van der Waals surface area contributed by atoms with Crippen molar-refractivity contribution in [2.24, 2.45) is 11.8 Å². The van der Waals surface area contributed by atoms with Crippen LogP contribution in [0, 0.1) is 11.8 Å². The lowest BCUT2D eigenvalue weighted by Crippen LogP contribution is -2.43. The normalized spacial score (nSPS) is 27.1. The molecule has 2 bridgehead atoms. The number of hydrogen-bond donors (Lipinski definition) is 0. The van der Waals surface area contributed by atoms with Crippen LogP contribution in [0.3, 0.4) is 0 Å². The van der Waals surface area contributed by atoms with E-state index >= 15 is 0 Å². The molecule has 1 saturated heterocycles. The van der Waals surface area contributed by atoms with Crippen LogP contribution >= 0.6 is 0 Å². The van der Waals surface area contributed by atoms with E-state index in [1.807, 2.05) is 32.5 Å². The van der Waals surface area contributed by atoms with Crippen molar-refractivity contribution >= 4 is 12.9 Å². The molecule has 2 unspecified atom stereocenters. The maximum atomic E-state index is 11.8. The van der Waals surface area contributed by atoms with Gasteiger partial charge < -0.3 is 14.4 Å². The lowest BCUT2D eigenvalue weighted by molar-refractivity contribution is -0.0980. The van der Waals surface area contributed by atoms with Crippen LogP contribution in [0.25, 0.3) is 0 Å². The van der Waals surface area contributed by atoms with Crippen molar-refractivity contribution in [3.63, 3.8) is 0 Å². The second kappa shape index (κ2) is 5.52. The molecule has 0 spiro atoms. The molecule has 1 aliphatic carbocycles. The first-order valence-electron chi connectivity index (χ1n) is 6.21. The van der Waals surface area contributed by atoms with Crippen LogP contribution in [0.1, 0.15) is 40.0 Å². The Kier molecular flexibility index (Phi) is 4.54. The number of amides is 1. The number of ether oxygens (including phenoxy) is 1. The van der Waals surface area contributed by atoms with E-state index in [1.54, 1.807) is 0 Å². The third-order valence-electron chi connectivity index (χ3n) is 3.26. The van der Waals surface area contributed by atoms with Gasteiger partial charge in [-0.15, -0.1) is 0 Å². The summed E-state index contributed by atoms with van der Waals surface area (Å²) in [5.41, 5.74) is -0.367. The zero-order valence-corrected chi connectivity index (χ0v) is 11.1. The number of likely N-dealkylation sites (tertiary alicyclic amines) is 1. The van der Waals surface area contributed by atoms with Crippen LogP contribution in [0.5, 0.6) is 0 Å². The van der Waals surface area contributed by atoms with Crippen molar-refractivity contribution in [2.75, 3.05) is 13.1 Å². The fraction of sp³-hybridized carbons (Fsp3) is 0.846. The van der Waals surface area contributed by atoms with Crippen LogP contribution < -0.4 is 0 Å². The average molecular weight is 241 g/mol. The number of carbonyl (C=O) groups is 2. The Morgan fingerprint density at radius 3 is 2.06 bits per heavy atom. The molecule has 2 rings (SSSR count). The molecule has 0 radical (unpaired) electrons. The molecule has 17 heavy (non-hydrogen) atoms. The molecule has 4 heteroatoms. The molecular weight excluding hydrogens is 218 g/mol. The molecule has 0 aromatic carbocycles. The van der Waals surface area contributed by atoms with E-state index < -0.39 is 0 Å². The molecule has 2 atom stereocenters. The highest BCUT2D eigenvalue weighted by Crippen LogP contribution is 2.36. The summed E-state index contributed by atoms with van der Waals surface area (Å²) in [6.45, 7) is 9.58. The summed E-state index contributed by atoms with van der Waals surface area (Å²) >= 11 is 0. The number of carbonyl (C=O) groups excluding carboxylic acids is 2. The van der Waals surface area contributed by atoms with Gasteiger partial charge in [-0.05, 0) is 51.9 Å². The summed E-state index contributed by atoms with van der Waals surface area (Å²) < 4.78 is 5.39. The Morgan fingerprint density at radius 1 is 1.18 bits per heavy atom. The smallest absolute Gasteiger partial charge is 0.410 e. The van der Waals surface area contributed by atoms with Crippen molar-refractivity contribution in [1.82, 2.24) is 4.90 Å². The Labute approximate surface area is 103 Å². The molecular formula is C13H23NO3. The monoisotopic (exact) mass is 241 g/mol. The first-order chi connectivity index (χ1) is 7.94. The predicted octanol–water partition coefficient (Wildman–Crippen LogP) is 2.47. The SMILES string of the molecule is C=O.CC(C)(C)OC(=O)N1CC2CCC(C2)C1. The van der Waals surface area contributed by atoms with E-state index in [0.717, 1.165) is 24.9 Å². The molecule has 1 heterocycles. The zero-order valence-electron chi connectivity index (χ0n) is 11.1.